The minimum atomic E-state index is 0.737. The Morgan fingerprint density at radius 1 is 1.14 bits per heavy atom. The van der Waals surface area contributed by atoms with Crippen LogP contribution in [0.4, 0.5) is 0 Å². The van der Waals surface area contributed by atoms with E-state index in [9.17, 15) is 0 Å². The average Bonchev–Trinajstić information content (AvgIpc) is 3.12. The molecule has 5 heteroatoms. The molecule has 2 aromatic heterocycles. The van der Waals surface area contributed by atoms with Crippen LogP contribution in [0.1, 0.15) is 58.3 Å². The van der Waals surface area contributed by atoms with Crippen molar-refractivity contribution in [3.8, 4) is 10.7 Å². The van der Waals surface area contributed by atoms with Crippen LogP contribution in [-0.4, -0.2) is 14.8 Å². The maximum absolute atomic E-state index is 5.34. The van der Waals surface area contributed by atoms with Crippen molar-refractivity contribution < 1.29 is 0 Å². The van der Waals surface area contributed by atoms with Gasteiger partial charge in [-0.15, -0.1) is 11.3 Å². The zero-order valence-corrected chi connectivity index (χ0v) is 14.4. The summed E-state index contributed by atoms with van der Waals surface area (Å²) in [5.74, 6) is 0.984. The smallest absolute Gasteiger partial charge is 0.195 e. The van der Waals surface area contributed by atoms with E-state index >= 15 is 0 Å². The number of H-pyrrole nitrogens is 1. The third-order valence-electron chi connectivity index (χ3n) is 3.74. The summed E-state index contributed by atoms with van der Waals surface area (Å²) in [5, 5.41) is 9.36. The predicted molar refractivity (Wildman–Crippen MR) is 93.3 cm³/mol. The Bertz CT molecular complexity index is 554. The summed E-state index contributed by atoms with van der Waals surface area (Å²) < 4.78 is 2.87. The molecule has 0 spiro atoms. The lowest BCUT2D eigenvalue weighted by atomic mass is 10.1. The van der Waals surface area contributed by atoms with Gasteiger partial charge in [0, 0.05) is 6.54 Å². The van der Waals surface area contributed by atoms with Gasteiger partial charge in [-0.25, -0.2) is 0 Å². The Hall–Kier alpha value is -0.940. The molecule has 1 N–H and O–H groups in total. The fourth-order valence-corrected chi connectivity index (χ4v) is 3.47. The second-order valence-corrected chi connectivity index (χ2v) is 6.79. The number of hydrogen-bond acceptors (Lipinski definition) is 3. The lowest BCUT2D eigenvalue weighted by Crippen LogP contribution is -2.00. The molecule has 3 nitrogen and oxygen atoms in total. The van der Waals surface area contributed by atoms with Crippen LogP contribution in [0, 0.1) is 4.77 Å². The van der Waals surface area contributed by atoms with E-state index < -0.39 is 0 Å². The Morgan fingerprint density at radius 2 is 1.86 bits per heavy atom. The van der Waals surface area contributed by atoms with Gasteiger partial charge in [-0.1, -0.05) is 57.9 Å². The molecular formula is C16H25N3S2. The van der Waals surface area contributed by atoms with Gasteiger partial charge >= 0.3 is 0 Å². The quantitative estimate of drug-likeness (QED) is 0.442. The lowest BCUT2D eigenvalue weighted by molar-refractivity contribution is 0.543. The molecule has 116 valence electrons. The van der Waals surface area contributed by atoms with Crippen molar-refractivity contribution >= 4 is 23.6 Å². The van der Waals surface area contributed by atoms with Crippen molar-refractivity contribution in [1.29, 1.82) is 0 Å². The summed E-state index contributed by atoms with van der Waals surface area (Å²) in [7, 11) is 0. The highest BCUT2D eigenvalue weighted by atomic mass is 32.1. The molecule has 0 fully saturated rings. The highest BCUT2D eigenvalue weighted by Crippen LogP contribution is 2.23. The predicted octanol–water partition coefficient (Wildman–Crippen LogP) is 5.81. The zero-order chi connectivity index (χ0) is 14.9. The number of hydrogen-bond donors (Lipinski definition) is 1. The monoisotopic (exact) mass is 323 g/mol. The van der Waals surface area contributed by atoms with Crippen LogP contribution in [0.15, 0.2) is 17.5 Å². The molecule has 0 aliphatic rings. The summed E-state index contributed by atoms with van der Waals surface area (Å²) in [6.45, 7) is 3.23. The molecular weight excluding hydrogens is 298 g/mol. The molecule has 0 aliphatic heterocycles. The Balaban J connectivity index is 1.74. The Kier molecular flexibility index (Phi) is 7.16. The van der Waals surface area contributed by atoms with Crippen LogP contribution in [-0.2, 0) is 6.54 Å². The summed E-state index contributed by atoms with van der Waals surface area (Å²) in [5.41, 5.74) is 0. The van der Waals surface area contributed by atoms with E-state index in [2.05, 4.69) is 39.2 Å². The second-order valence-electron chi connectivity index (χ2n) is 5.46. The van der Waals surface area contributed by atoms with Crippen molar-refractivity contribution in [3.05, 3.63) is 22.3 Å². The van der Waals surface area contributed by atoms with Gasteiger partial charge in [0.1, 0.15) is 0 Å². The first-order valence-corrected chi connectivity index (χ1v) is 9.30. The number of aromatic nitrogens is 3. The molecule has 0 atom stereocenters. The number of nitrogens with one attached hydrogen (secondary N) is 1. The normalized spacial score (nSPS) is 11.1. The number of rotatable bonds is 10. The van der Waals surface area contributed by atoms with Crippen LogP contribution in [0.3, 0.4) is 0 Å². The first-order chi connectivity index (χ1) is 10.3. The topological polar surface area (TPSA) is 33.6 Å². The third kappa shape index (κ3) is 5.08. The fourth-order valence-electron chi connectivity index (χ4n) is 2.52. The molecule has 0 radical (unpaired) electrons. The highest BCUT2D eigenvalue weighted by Gasteiger charge is 2.08. The zero-order valence-electron chi connectivity index (χ0n) is 12.8. The van der Waals surface area contributed by atoms with Crippen LogP contribution in [0.25, 0.3) is 10.7 Å². The van der Waals surface area contributed by atoms with Gasteiger partial charge in [-0.3, -0.25) is 9.67 Å². The number of nitrogens with zero attached hydrogens (tertiary/aromatic N) is 2. The van der Waals surface area contributed by atoms with E-state index in [0.29, 0.717) is 0 Å². The molecule has 0 unspecified atom stereocenters. The third-order valence-corrected chi connectivity index (χ3v) is 4.91. The summed E-state index contributed by atoms with van der Waals surface area (Å²) in [6.07, 6.45) is 10.7. The molecule has 21 heavy (non-hydrogen) atoms. The standard InChI is InChI=1S/C16H25N3S2/c1-2-3-4-5-6-7-8-9-12-19-15(17-18-16(19)20)14-11-10-13-21-14/h10-11,13H,2-9,12H2,1H3,(H,18,20). The van der Waals surface area contributed by atoms with Crippen LogP contribution >= 0.6 is 23.6 Å². The Labute approximate surface area is 136 Å². The van der Waals surface area contributed by atoms with Crippen LogP contribution in [0.5, 0.6) is 0 Å². The fraction of sp³-hybridized carbons (Fsp3) is 0.625. The van der Waals surface area contributed by atoms with Gasteiger partial charge in [0.05, 0.1) is 4.88 Å². The van der Waals surface area contributed by atoms with E-state index in [4.69, 9.17) is 12.2 Å². The first kappa shape index (κ1) is 16.4. The lowest BCUT2D eigenvalue weighted by Gasteiger charge is -2.05. The SMILES string of the molecule is CCCCCCCCCCn1c(-c2cccs2)n[nH]c1=S. The number of unbranched alkanes of at least 4 members (excludes halogenated alkanes) is 7. The molecule has 2 heterocycles. The van der Waals surface area contributed by atoms with Crippen LogP contribution < -0.4 is 0 Å². The Morgan fingerprint density at radius 3 is 2.52 bits per heavy atom. The van der Waals surface area contributed by atoms with E-state index in [1.807, 2.05) is 0 Å². The van der Waals surface area contributed by atoms with E-state index in [1.54, 1.807) is 11.3 Å². The van der Waals surface area contributed by atoms with E-state index in [-0.39, 0.29) is 0 Å². The van der Waals surface area contributed by atoms with Gasteiger partial charge in [-0.05, 0) is 30.1 Å². The van der Waals surface area contributed by atoms with Gasteiger partial charge in [0.25, 0.3) is 0 Å². The maximum Gasteiger partial charge on any atom is 0.195 e. The van der Waals surface area contributed by atoms with Gasteiger partial charge < -0.3 is 0 Å². The van der Waals surface area contributed by atoms with Crippen molar-refractivity contribution in [2.24, 2.45) is 0 Å². The van der Waals surface area contributed by atoms with Gasteiger partial charge in [0.2, 0.25) is 0 Å². The maximum atomic E-state index is 5.34. The van der Waals surface area contributed by atoms with Crippen molar-refractivity contribution in [2.45, 2.75) is 64.8 Å². The first-order valence-electron chi connectivity index (χ1n) is 8.02. The van der Waals surface area contributed by atoms with Crippen molar-refractivity contribution in [2.75, 3.05) is 0 Å². The van der Waals surface area contributed by atoms with E-state index in [1.165, 1.54) is 56.2 Å². The highest BCUT2D eigenvalue weighted by molar-refractivity contribution is 7.71. The van der Waals surface area contributed by atoms with Crippen molar-refractivity contribution in [3.63, 3.8) is 0 Å². The summed E-state index contributed by atoms with van der Waals surface area (Å²) in [4.78, 5) is 1.18. The molecule has 0 amide bonds. The average molecular weight is 324 g/mol. The summed E-state index contributed by atoms with van der Waals surface area (Å²) in [6, 6.07) is 4.15. The molecule has 0 saturated carbocycles. The molecule has 0 saturated heterocycles. The minimum Gasteiger partial charge on any atom is -0.299 e. The van der Waals surface area contributed by atoms with E-state index in [0.717, 1.165) is 17.1 Å². The van der Waals surface area contributed by atoms with Crippen LogP contribution in [0.2, 0.25) is 0 Å². The number of aromatic amines is 1. The molecule has 0 bridgehead atoms. The second kappa shape index (κ2) is 9.15. The number of thiophene rings is 1. The molecule has 2 aromatic rings. The minimum absolute atomic E-state index is 0.737. The van der Waals surface area contributed by atoms with Gasteiger partial charge in [0.15, 0.2) is 10.6 Å². The largest absolute Gasteiger partial charge is 0.299 e. The van der Waals surface area contributed by atoms with Gasteiger partial charge in [-0.2, -0.15) is 5.10 Å². The molecule has 0 aromatic carbocycles. The molecule has 2 rings (SSSR count). The van der Waals surface area contributed by atoms with Crippen molar-refractivity contribution in [1.82, 2.24) is 14.8 Å². The summed E-state index contributed by atoms with van der Waals surface area (Å²) >= 11 is 7.05. The molecule has 0 aliphatic carbocycles.